The summed E-state index contributed by atoms with van der Waals surface area (Å²) in [6.45, 7) is -0.0338. The highest BCUT2D eigenvalue weighted by molar-refractivity contribution is 7.98. The Hall–Kier alpha value is -2.87. The zero-order chi connectivity index (χ0) is 17.6. The van der Waals surface area contributed by atoms with Gasteiger partial charge in [-0.15, -0.1) is 22.0 Å². The third kappa shape index (κ3) is 4.16. The lowest BCUT2D eigenvalue weighted by Crippen LogP contribution is -2.20. The van der Waals surface area contributed by atoms with Crippen LogP contribution in [0.5, 0.6) is 5.75 Å². The van der Waals surface area contributed by atoms with Crippen molar-refractivity contribution in [1.82, 2.24) is 20.2 Å². The van der Waals surface area contributed by atoms with E-state index in [1.54, 1.807) is 31.0 Å². The summed E-state index contributed by atoms with van der Waals surface area (Å²) >= 11 is 1.67. The molecule has 1 aromatic heterocycles. The van der Waals surface area contributed by atoms with Gasteiger partial charge in [0.15, 0.2) is 0 Å². The van der Waals surface area contributed by atoms with Gasteiger partial charge in [0.05, 0.1) is 12.8 Å². The fraction of sp³-hybridized carbons (Fsp3) is 0.176. The van der Waals surface area contributed by atoms with Crippen LogP contribution in [-0.2, 0) is 11.3 Å². The van der Waals surface area contributed by atoms with Crippen molar-refractivity contribution in [3.8, 4) is 17.1 Å². The number of carbonyl (C=O) groups excluding carboxylic acids is 1. The van der Waals surface area contributed by atoms with Gasteiger partial charge in [-0.05, 0) is 47.9 Å². The minimum absolute atomic E-state index is 0.0338. The van der Waals surface area contributed by atoms with Gasteiger partial charge in [0, 0.05) is 10.5 Å². The fourth-order valence-corrected chi connectivity index (χ4v) is 2.64. The molecule has 0 aliphatic heterocycles. The molecule has 8 heteroatoms. The molecule has 0 bridgehead atoms. The van der Waals surface area contributed by atoms with Crippen LogP contribution in [0.3, 0.4) is 0 Å². The molecule has 0 radical (unpaired) electrons. The number of thioether (sulfide) groups is 1. The molecule has 0 spiro atoms. The van der Waals surface area contributed by atoms with Crippen molar-refractivity contribution in [3.05, 3.63) is 48.5 Å². The van der Waals surface area contributed by atoms with Crippen molar-refractivity contribution < 1.29 is 9.53 Å². The summed E-state index contributed by atoms with van der Waals surface area (Å²) in [5.41, 5.74) is 1.46. The van der Waals surface area contributed by atoms with E-state index in [1.807, 2.05) is 42.7 Å². The van der Waals surface area contributed by atoms with Gasteiger partial charge in [-0.25, -0.2) is 0 Å². The van der Waals surface area contributed by atoms with Crippen LogP contribution in [0, 0.1) is 0 Å². The molecule has 7 nitrogen and oxygen atoms in total. The third-order valence-corrected chi connectivity index (χ3v) is 4.21. The zero-order valence-corrected chi connectivity index (χ0v) is 14.7. The molecule has 0 fully saturated rings. The molecular weight excluding hydrogens is 338 g/mol. The average molecular weight is 355 g/mol. The number of amides is 1. The second kappa shape index (κ2) is 7.80. The van der Waals surface area contributed by atoms with E-state index in [0.29, 0.717) is 17.3 Å². The maximum Gasteiger partial charge on any atom is 0.248 e. The highest BCUT2D eigenvalue weighted by atomic mass is 32.2. The van der Waals surface area contributed by atoms with E-state index in [0.717, 1.165) is 10.5 Å². The fourth-order valence-electron chi connectivity index (χ4n) is 2.23. The van der Waals surface area contributed by atoms with E-state index in [-0.39, 0.29) is 12.5 Å². The Bertz CT molecular complexity index is 863. The number of para-hydroxylation sites is 2. The first-order valence-electron chi connectivity index (χ1n) is 7.54. The first-order chi connectivity index (χ1) is 12.2. The lowest BCUT2D eigenvalue weighted by Gasteiger charge is -2.09. The van der Waals surface area contributed by atoms with Crippen LogP contribution in [0.1, 0.15) is 0 Å². The number of anilines is 1. The minimum Gasteiger partial charge on any atom is -0.495 e. The minimum atomic E-state index is -0.258. The first-order valence-corrected chi connectivity index (χ1v) is 8.77. The number of benzene rings is 2. The predicted octanol–water partition coefficient (Wildman–Crippen LogP) is 2.71. The Kier molecular flexibility index (Phi) is 5.30. The molecule has 2 aromatic carbocycles. The molecule has 3 rings (SSSR count). The predicted molar refractivity (Wildman–Crippen MR) is 96.7 cm³/mol. The van der Waals surface area contributed by atoms with Crippen LogP contribution in [0.4, 0.5) is 5.69 Å². The van der Waals surface area contributed by atoms with Gasteiger partial charge >= 0.3 is 0 Å². The van der Waals surface area contributed by atoms with Gasteiger partial charge in [0.1, 0.15) is 12.3 Å². The summed E-state index contributed by atoms with van der Waals surface area (Å²) in [6.07, 6.45) is 2.02. The van der Waals surface area contributed by atoms with Crippen LogP contribution in [-0.4, -0.2) is 39.5 Å². The second-order valence-corrected chi connectivity index (χ2v) is 6.00. The van der Waals surface area contributed by atoms with Crippen molar-refractivity contribution in [1.29, 1.82) is 0 Å². The van der Waals surface area contributed by atoms with E-state index >= 15 is 0 Å². The summed E-state index contributed by atoms with van der Waals surface area (Å²) in [4.78, 5) is 14.6. The standard InChI is InChI=1S/C17H17N5O2S/c1-24-15-6-4-3-5-14(15)18-16(23)11-22-20-17(19-21-22)12-7-9-13(25-2)10-8-12/h3-10H,11H2,1-2H3,(H,18,23). The number of aromatic nitrogens is 4. The number of ether oxygens (including phenoxy) is 1. The maximum absolute atomic E-state index is 12.2. The summed E-state index contributed by atoms with van der Waals surface area (Å²) in [7, 11) is 1.55. The van der Waals surface area contributed by atoms with Crippen LogP contribution in [0.25, 0.3) is 11.4 Å². The molecule has 0 saturated carbocycles. The normalized spacial score (nSPS) is 10.5. The molecule has 0 saturated heterocycles. The summed E-state index contributed by atoms with van der Waals surface area (Å²) in [6, 6.07) is 15.1. The Labute approximate surface area is 149 Å². The number of methoxy groups -OCH3 is 1. The lowest BCUT2D eigenvalue weighted by atomic mass is 10.2. The number of hydrogen-bond donors (Lipinski definition) is 1. The molecule has 3 aromatic rings. The van der Waals surface area contributed by atoms with Crippen molar-refractivity contribution in [2.45, 2.75) is 11.4 Å². The molecule has 1 N–H and O–H groups in total. The molecule has 0 aliphatic carbocycles. The second-order valence-electron chi connectivity index (χ2n) is 5.12. The van der Waals surface area contributed by atoms with Crippen LogP contribution >= 0.6 is 11.8 Å². The molecule has 1 amide bonds. The largest absolute Gasteiger partial charge is 0.495 e. The SMILES string of the molecule is COc1ccccc1NC(=O)Cn1nnc(-c2ccc(SC)cc2)n1. The molecule has 0 unspecified atom stereocenters. The molecule has 0 atom stereocenters. The first kappa shape index (κ1) is 17.0. The highest BCUT2D eigenvalue weighted by Crippen LogP contribution is 2.23. The number of nitrogens with zero attached hydrogens (tertiary/aromatic N) is 4. The monoisotopic (exact) mass is 355 g/mol. The van der Waals surface area contributed by atoms with Gasteiger partial charge in [0.25, 0.3) is 0 Å². The summed E-state index contributed by atoms with van der Waals surface area (Å²) in [5, 5.41) is 15.0. The van der Waals surface area contributed by atoms with E-state index < -0.39 is 0 Å². The van der Waals surface area contributed by atoms with Gasteiger partial charge < -0.3 is 10.1 Å². The number of tetrazole rings is 1. The zero-order valence-electron chi connectivity index (χ0n) is 13.8. The quantitative estimate of drug-likeness (QED) is 0.685. The maximum atomic E-state index is 12.2. The Morgan fingerprint density at radius 3 is 2.68 bits per heavy atom. The molecule has 0 aliphatic rings. The van der Waals surface area contributed by atoms with E-state index in [9.17, 15) is 4.79 Å². The summed E-state index contributed by atoms with van der Waals surface area (Å²) in [5.74, 6) is 0.820. The van der Waals surface area contributed by atoms with Gasteiger partial charge in [-0.1, -0.05) is 12.1 Å². The lowest BCUT2D eigenvalue weighted by molar-refractivity contribution is -0.117. The van der Waals surface area contributed by atoms with E-state index in [1.165, 1.54) is 4.80 Å². The van der Waals surface area contributed by atoms with Gasteiger partial charge in [-0.2, -0.15) is 4.80 Å². The van der Waals surface area contributed by atoms with Gasteiger partial charge in [0.2, 0.25) is 11.7 Å². The molecule has 1 heterocycles. The van der Waals surface area contributed by atoms with Gasteiger partial charge in [-0.3, -0.25) is 4.79 Å². The number of nitrogens with one attached hydrogen (secondary N) is 1. The topological polar surface area (TPSA) is 81.9 Å². The van der Waals surface area contributed by atoms with Crippen molar-refractivity contribution in [2.75, 3.05) is 18.7 Å². The Morgan fingerprint density at radius 2 is 1.96 bits per heavy atom. The van der Waals surface area contributed by atoms with Crippen molar-refractivity contribution >= 4 is 23.4 Å². The molecular formula is C17H17N5O2S. The van der Waals surface area contributed by atoms with Crippen LogP contribution in [0.2, 0.25) is 0 Å². The van der Waals surface area contributed by atoms with Crippen LogP contribution < -0.4 is 10.1 Å². The van der Waals surface area contributed by atoms with Crippen LogP contribution in [0.15, 0.2) is 53.4 Å². The summed E-state index contributed by atoms with van der Waals surface area (Å²) < 4.78 is 5.21. The molecule has 25 heavy (non-hydrogen) atoms. The van der Waals surface area contributed by atoms with Crippen molar-refractivity contribution in [3.63, 3.8) is 0 Å². The number of carbonyl (C=O) groups is 1. The third-order valence-electron chi connectivity index (χ3n) is 3.47. The Morgan fingerprint density at radius 1 is 1.20 bits per heavy atom. The smallest absolute Gasteiger partial charge is 0.248 e. The number of rotatable bonds is 6. The number of hydrogen-bond acceptors (Lipinski definition) is 6. The molecule has 128 valence electrons. The van der Waals surface area contributed by atoms with E-state index in [2.05, 4.69) is 20.7 Å². The van der Waals surface area contributed by atoms with Crippen molar-refractivity contribution in [2.24, 2.45) is 0 Å². The Balaban J connectivity index is 1.67. The average Bonchev–Trinajstić information content (AvgIpc) is 3.10. The van der Waals surface area contributed by atoms with E-state index in [4.69, 9.17) is 4.74 Å². The highest BCUT2D eigenvalue weighted by Gasteiger charge is 2.11.